The van der Waals surface area contributed by atoms with E-state index >= 15 is 0 Å². The number of fused-ring (bicyclic) bond motifs is 1. The number of carboxylic acid groups (broad SMARTS) is 1. The number of H-pyrrole nitrogens is 1. The highest BCUT2D eigenvalue weighted by molar-refractivity contribution is 7.91. The van der Waals surface area contributed by atoms with Crippen molar-refractivity contribution >= 4 is 38.2 Å². The van der Waals surface area contributed by atoms with Gasteiger partial charge in [-0.25, -0.2) is 12.8 Å². The average molecular weight is 483 g/mol. The van der Waals surface area contributed by atoms with Crippen molar-refractivity contribution in [3.8, 4) is 11.8 Å². The molecule has 0 bridgehead atoms. The fourth-order valence-corrected chi connectivity index (χ4v) is 5.76. The molecule has 33 heavy (non-hydrogen) atoms. The maximum atomic E-state index is 14.5. The van der Waals surface area contributed by atoms with Gasteiger partial charge in [0.15, 0.2) is 10.0 Å². The van der Waals surface area contributed by atoms with Crippen molar-refractivity contribution in [3.05, 3.63) is 88.2 Å². The molecule has 4 aromatic rings. The lowest BCUT2D eigenvalue weighted by atomic mass is 10.1. The SMILES string of the molecule is Cc1ccc(C#Cc2cc(F)c(S(=O)(=O)N[C@H](Cc3c[nH]c4ccccc34)C(=O)O)s2)cc1. The topological polar surface area (TPSA) is 99.3 Å². The van der Waals surface area contributed by atoms with E-state index in [9.17, 15) is 22.7 Å². The Morgan fingerprint density at radius 3 is 2.64 bits per heavy atom. The quantitative estimate of drug-likeness (QED) is 0.361. The van der Waals surface area contributed by atoms with Crippen LogP contribution in [0.3, 0.4) is 0 Å². The molecule has 168 valence electrons. The minimum atomic E-state index is -4.42. The highest BCUT2D eigenvalue weighted by atomic mass is 32.2. The molecule has 0 amide bonds. The first kappa shape index (κ1) is 22.7. The monoisotopic (exact) mass is 482 g/mol. The van der Waals surface area contributed by atoms with E-state index in [0.717, 1.165) is 22.5 Å². The van der Waals surface area contributed by atoms with Crippen LogP contribution >= 0.6 is 11.3 Å². The fourth-order valence-electron chi connectivity index (χ4n) is 3.31. The molecule has 0 fully saturated rings. The summed E-state index contributed by atoms with van der Waals surface area (Å²) in [7, 11) is -4.42. The Morgan fingerprint density at radius 2 is 1.91 bits per heavy atom. The summed E-state index contributed by atoms with van der Waals surface area (Å²) in [4.78, 5) is 15.0. The maximum Gasteiger partial charge on any atom is 0.322 e. The number of aryl methyl sites for hydroxylation is 1. The van der Waals surface area contributed by atoms with E-state index in [1.165, 1.54) is 0 Å². The van der Waals surface area contributed by atoms with Crippen LogP contribution in [-0.2, 0) is 21.2 Å². The largest absolute Gasteiger partial charge is 0.480 e. The Hall–Kier alpha value is -3.45. The highest BCUT2D eigenvalue weighted by Crippen LogP contribution is 2.26. The number of aromatic nitrogens is 1. The number of nitrogens with one attached hydrogen (secondary N) is 2. The van der Waals surface area contributed by atoms with E-state index in [4.69, 9.17) is 0 Å². The molecule has 4 rings (SSSR count). The molecule has 6 nitrogen and oxygen atoms in total. The fraction of sp³-hybridized carbons (Fsp3) is 0.125. The summed E-state index contributed by atoms with van der Waals surface area (Å²) >= 11 is 0.655. The number of aromatic amines is 1. The number of para-hydroxylation sites is 1. The van der Waals surface area contributed by atoms with Gasteiger partial charge in [0.25, 0.3) is 10.0 Å². The standard InChI is InChI=1S/C24H19FN2O4S2/c1-15-6-8-16(9-7-15)10-11-18-13-20(25)24(32-18)33(30,31)27-22(23(28)29)12-17-14-26-21-5-3-2-4-19(17)21/h2-9,13-14,22,26-27H,12H2,1H3,(H,28,29)/t22-/m1/s1. The third-order valence-corrected chi connectivity index (χ3v) is 7.98. The molecular formula is C24H19FN2O4S2. The summed E-state index contributed by atoms with van der Waals surface area (Å²) in [6.07, 6.45) is 1.53. The van der Waals surface area contributed by atoms with Gasteiger partial charge in [0.1, 0.15) is 6.04 Å². The van der Waals surface area contributed by atoms with Gasteiger partial charge in [0.2, 0.25) is 0 Å². The number of carbonyl (C=O) groups is 1. The number of hydrogen-bond donors (Lipinski definition) is 3. The lowest BCUT2D eigenvalue weighted by Crippen LogP contribution is -2.42. The smallest absolute Gasteiger partial charge is 0.322 e. The molecule has 0 saturated heterocycles. The Labute approximate surface area is 194 Å². The van der Waals surface area contributed by atoms with Gasteiger partial charge < -0.3 is 10.1 Å². The molecule has 0 aliphatic carbocycles. The summed E-state index contributed by atoms with van der Waals surface area (Å²) < 4.78 is 41.7. The maximum absolute atomic E-state index is 14.5. The van der Waals surface area contributed by atoms with Gasteiger partial charge in [0.05, 0.1) is 4.88 Å². The third kappa shape index (κ3) is 5.14. The molecule has 0 spiro atoms. The number of rotatable bonds is 6. The number of halogens is 1. The van der Waals surface area contributed by atoms with Crippen LogP contribution in [0.4, 0.5) is 4.39 Å². The second kappa shape index (κ2) is 9.19. The first-order valence-corrected chi connectivity index (χ1v) is 12.2. The molecule has 1 atom stereocenters. The van der Waals surface area contributed by atoms with E-state index in [1.54, 1.807) is 12.3 Å². The Kier molecular flexibility index (Phi) is 6.33. The Balaban J connectivity index is 1.57. The minimum Gasteiger partial charge on any atom is -0.480 e. The predicted molar refractivity (Wildman–Crippen MR) is 125 cm³/mol. The van der Waals surface area contributed by atoms with Crippen LogP contribution in [0.5, 0.6) is 0 Å². The van der Waals surface area contributed by atoms with Gasteiger partial charge in [-0.1, -0.05) is 47.7 Å². The van der Waals surface area contributed by atoms with E-state index in [1.807, 2.05) is 49.4 Å². The molecule has 2 heterocycles. The van der Waals surface area contributed by atoms with Gasteiger partial charge in [-0.05, 0) is 30.7 Å². The number of carboxylic acids is 1. The summed E-state index contributed by atoms with van der Waals surface area (Å²) in [5.41, 5.74) is 3.22. The molecule has 0 saturated carbocycles. The van der Waals surface area contributed by atoms with Crippen LogP contribution in [0, 0.1) is 24.6 Å². The van der Waals surface area contributed by atoms with Crippen LogP contribution in [0.15, 0.2) is 65.0 Å². The van der Waals surface area contributed by atoms with Gasteiger partial charge in [-0.2, -0.15) is 4.72 Å². The second-order valence-electron chi connectivity index (χ2n) is 7.44. The first-order valence-electron chi connectivity index (χ1n) is 9.91. The van der Waals surface area contributed by atoms with Gasteiger partial charge in [0, 0.05) is 35.2 Å². The molecule has 3 N–H and O–H groups in total. The van der Waals surface area contributed by atoms with Crippen molar-refractivity contribution in [2.45, 2.75) is 23.6 Å². The zero-order valence-electron chi connectivity index (χ0n) is 17.4. The molecule has 0 unspecified atom stereocenters. The normalized spacial score (nSPS) is 12.3. The summed E-state index contributed by atoms with van der Waals surface area (Å²) in [5, 5.41) is 10.4. The van der Waals surface area contributed by atoms with Crippen LogP contribution in [0.2, 0.25) is 0 Å². The van der Waals surface area contributed by atoms with Crippen LogP contribution < -0.4 is 4.72 Å². The number of aliphatic carboxylic acids is 1. The third-order valence-electron chi connectivity index (χ3n) is 4.98. The van der Waals surface area contributed by atoms with E-state index in [0.29, 0.717) is 22.5 Å². The lowest BCUT2D eigenvalue weighted by Gasteiger charge is -2.14. The van der Waals surface area contributed by atoms with Crippen molar-refractivity contribution < 1.29 is 22.7 Å². The Morgan fingerprint density at radius 1 is 1.18 bits per heavy atom. The summed E-state index contributed by atoms with van der Waals surface area (Å²) in [6.45, 7) is 1.94. The van der Waals surface area contributed by atoms with E-state index in [-0.39, 0.29) is 11.3 Å². The minimum absolute atomic E-state index is 0.105. The van der Waals surface area contributed by atoms with Gasteiger partial charge >= 0.3 is 5.97 Å². The predicted octanol–water partition coefficient (Wildman–Crippen LogP) is 4.05. The van der Waals surface area contributed by atoms with Gasteiger partial charge in [-0.3, -0.25) is 4.79 Å². The summed E-state index contributed by atoms with van der Waals surface area (Å²) in [6, 6.07) is 14.2. The van der Waals surface area contributed by atoms with E-state index < -0.39 is 32.1 Å². The molecule has 9 heteroatoms. The molecule has 0 aliphatic heterocycles. The summed E-state index contributed by atoms with van der Waals surface area (Å²) in [5.74, 6) is 3.29. The molecular weight excluding hydrogens is 463 g/mol. The van der Waals surface area contributed by atoms with Crippen LogP contribution in [0.25, 0.3) is 10.9 Å². The van der Waals surface area contributed by atoms with E-state index in [2.05, 4.69) is 21.5 Å². The van der Waals surface area contributed by atoms with Crippen molar-refractivity contribution in [2.75, 3.05) is 0 Å². The highest BCUT2D eigenvalue weighted by Gasteiger charge is 2.30. The lowest BCUT2D eigenvalue weighted by molar-refractivity contribution is -0.138. The van der Waals surface area contributed by atoms with Crippen molar-refractivity contribution in [1.29, 1.82) is 0 Å². The number of hydrogen-bond acceptors (Lipinski definition) is 4. The van der Waals surface area contributed by atoms with Gasteiger partial charge in [-0.15, -0.1) is 11.3 Å². The molecule has 2 aromatic heterocycles. The van der Waals surface area contributed by atoms with Crippen LogP contribution in [-0.4, -0.2) is 30.5 Å². The number of benzene rings is 2. The van der Waals surface area contributed by atoms with Crippen LogP contribution in [0.1, 0.15) is 21.6 Å². The van der Waals surface area contributed by atoms with Crippen molar-refractivity contribution in [3.63, 3.8) is 0 Å². The second-order valence-corrected chi connectivity index (χ2v) is 10.4. The zero-order valence-corrected chi connectivity index (χ0v) is 19.1. The number of sulfonamides is 1. The molecule has 0 radical (unpaired) electrons. The average Bonchev–Trinajstić information content (AvgIpc) is 3.36. The van der Waals surface area contributed by atoms with Crippen molar-refractivity contribution in [2.24, 2.45) is 0 Å². The Bertz CT molecular complexity index is 1490. The first-order chi connectivity index (χ1) is 15.7. The van der Waals surface area contributed by atoms with Crippen molar-refractivity contribution in [1.82, 2.24) is 9.71 Å². The zero-order chi connectivity index (χ0) is 23.6. The number of thiophene rings is 1. The molecule has 2 aromatic carbocycles. The molecule has 0 aliphatic rings.